The standard InChI is InChI=1S/C12H15FN2O3S/c13-9-3-1-8(2-4-9)12(16)15-11-5-10(14)6-19(17,18)7-11/h1-4,10-11H,5-7,14H2,(H,15,16)/t10-,11+/m1/s1. The lowest BCUT2D eigenvalue weighted by Gasteiger charge is -2.27. The minimum Gasteiger partial charge on any atom is -0.348 e. The third-order valence-electron chi connectivity index (χ3n) is 2.95. The van der Waals surface area contributed by atoms with Crippen molar-refractivity contribution in [2.24, 2.45) is 5.73 Å². The number of nitrogens with two attached hydrogens (primary N) is 1. The maximum absolute atomic E-state index is 12.7. The van der Waals surface area contributed by atoms with Gasteiger partial charge >= 0.3 is 0 Å². The molecule has 1 aromatic carbocycles. The molecule has 19 heavy (non-hydrogen) atoms. The highest BCUT2D eigenvalue weighted by Crippen LogP contribution is 2.12. The number of nitrogens with one attached hydrogen (secondary N) is 1. The minimum absolute atomic E-state index is 0.0457. The predicted molar refractivity (Wildman–Crippen MR) is 68.9 cm³/mol. The monoisotopic (exact) mass is 286 g/mol. The molecule has 1 aliphatic rings. The first kappa shape index (κ1) is 14.0. The van der Waals surface area contributed by atoms with Crippen molar-refractivity contribution >= 4 is 15.7 Å². The van der Waals surface area contributed by atoms with Crippen LogP contribution >= 0.6 is 0 Å². The van der Waals surface area contributed by atoms with Crippen LogP contribution in [-0.4, -0.2) is 37.9 Å². The summed E-state index contributed by atoms with van der Waals surface area (Å²) in [6.07, 6.45) is 0.423. The van der Waals surface area contributed by atoms with E-state index < -0.39 is 33.6 Å². The maximum atomic E-state index is 12.7. The van der Waals surface area contributed by atoms with Gasteiger partial charge in [0.15, 0.2) is 9.84 Å². The van der Waals surface area contributed by atoms with Gasteiger partial charge in [0.2, 0.25) is 0 Å². The topological polar surface area (TPSA) is 89.3 Å². The first-order valence-corrected chi connectivity index (χ1v) is 7.70. The number of hydrogen-bond donors (Lipinski definition) is 2. The molecule has 5 nitrogen and oxygen atoms in total. The van der Waals surface area contributed by atoms with Gasteiger partial charge in [0, 0.05) is 17.6 Å². The Hall–Kier alpha value is -1.47. The summed E-state index contributed by atoms with van der Waals surface area (Å²) in [6, 6.07) is 4.10. The summed E-state index contributed by atoms with van der Waals surface area (Å²) in [5.74, 6) is -1.00. The van der Waals surface area contributed by atoms with Crippen molar-refractivity contribution in [2.75, 3.05) is 11.5 Å². The van der Waals surface area contributed by atoms with E-state index in [2.05, 4.69) is 5.32 Å². The fourth-order valence-electron chi connectivity index (χ4n) is 2.17. The van der Waals surface area contributed by atoms with Gasteiger partial charge in [-0.2, -0.15) is 0 Å². The SMILES string of the molecule is N[C@@H]1C[C@H](NC(=O)c2ccc(F)cc2)CS(=O)(=O)C1. The Balaban J connectivity index is 2.04. The van der Waals surface area contributed by atoms with E-state index >= 15 is 0 Å². The Morgan fingerprint density at radius 3 is 2.47 bits per heavy atom. The van der Waals surface area contributed by atoms with Crippen LogP contribution in [0.3, 0.4) is 0 Å². The molecule has 2 atom stereocenters. The second-order valence-corrected chi connectivity index (χ2v) is 6.90. The summed E-state index contributed by atoms with van der Waals surface area (Å²) in [5.41, 5.74) is 5.94. The highest BCUT2D eigenvalue weighted by Gasteiger charge is 2.30. The molecule has 0 bridgehead atoms. The zero-order chi connectivity index (χ0) is 14.0. The first-order chi connectivity index (χ1) is 8.85. The molecular formula is C12H15FN2O3S. The van der Waals surface area contributed by atoms with Crippen molar-refractivity contribution in [2.45, 2.75) is 18.5 Å². The quantitative estimate of drug-likeness (QED) is 0.805. The summed E-state index contributed by atoms with van der Waals surface area (Å²) in [7, 11) is -3.22. The lowest BCUT2D eigenvalue weighted by molar-refractivity contribution is 0.0937. The van der Waals surface area contributed by atoms with E-state index in [0.29, 0.717) is 6.42 Å². The van der Waals surface area contributed by atoms with Crippen molar-refractivity contribution in [1.82, 2.24) is 5.32 Å². The molecule has 104 valence electrons. The van der Waals surface area contributed by atoms with Gasteiger partial charge in [-0.05, 0) is 30.7 Å². The molecule has 1 saturated heterocycles. The predicted octanol–water partition coefficient (Wildman–Crippen LogP) is 0.0699. The smallest absolute Gasteiger partial charge is 0.251 e. The number of amides is 1. The van der Waals surface area contributed by atoms with Crippen LogP contribution in [0, 0.1) is 5.82 Å². The lowest BCUT2D eigenvalue weighted by Crippen LogP contribution is -2.50. The third kappa shape index (κ3) is 3.74. The number of halogens is 1. The number of benzene rings is 1. The van der Waals surface area contributed by atoms with Gasteiger partial charge in [-0.3, -0.25) is 4.79 Å². The van der Waals surface area contributed by atoms with E-state index in [0.717, 1.165) is 0 Å². The Kier molecular flexibility index (Phi) is 3.86. The average molecular weight is 286 g/mol. The van der Waals surface area contributed by atoms with E-state index in [1.165, 1.54) is 24.3 Å². The Morgan fingerprint density at radius 2 is 1.89 bits per heavy atom. The van der Waals surface area contributed by atoms with Gasteiger partial charge in [0.1, 0.15) is 5.82 Å². The molecule has 0 spiro atoms. The van der Waals surface area contributed by atoms with Gasteiger partial charge in [-0.15, -0.1) is 0 Å². The summed E-state index contributed by atoms with van der Waals surface area (Å²) in [5, 5.41) is 2.62. The molecular weight excluding hydrogens is 271 g/mol. The Labute approximate surface area is 110 Å². The van der Waals surface area contributed by atoms with Gasteiger partial charge in [-0.25, -0.2) is 12.8 Å². The van der Waals surface area contributed by atoms with Gasteiger partial charge in [0.25, 0.3) is 5.91 Å². The van der Waals surface area contributed by atoms with Crippen LogP contribution in [0.25, 0.3) is 0 Å². The van der Waals surface area contributed by atoms with Crippen molar-refractivity contribution in [3.05, 3.63) is 35.6 Å². The molecule has 0 aliphatic carbocycles. The van der Waals surface area contributed by atoms with Crippen LogP contribution in [0.5, 0.6) is 0 Å². The lowest BCUT2D eigenvalue weighted by atomic mass is 10.1. The second-order valence-electron chi connectivity index (χ2n) is 4.75. The fraction of sp³-hybridized carbons (Fsp3) is 0.417. The largest absolute Gasteiger partial charge is 0.348 e. The Morgan fingerprint density at radius 1 is 1.26 bits per heavy atom. The molecule has 1 amide bonds. The van der Waals surface area contributed by atoms with Crippen molar-refractivity contribution in [1.29, 1.82) is 0 Å². The highest BCUT2D eigenvalue weighted by atomic mass is 32.2. The molecule has 2 rings (SSSR count). The number of hydrogen-bond acceptors (Lipinski definition) is 4. The molecule has 3 N–H and O–H groups in total. The van der Waals surface area contributed by atoms with E-state index in [4.69, 9.17) is 5.73 Å². The molecule has 7 heteroatoms. The molecule has 0 saturated carbocycles. The molecule has 0 unspecified atom stereocenters. The summed E-state index contributed by atoms with van der Waals surface area (Å²) in [6.45, 7) is 0. The zero-order valence-corrected chi connectivity index (χ0v) is 11.0. The van der Waals surface area contributed by atoms with E-state index in [1.54, 1.807) is 0 Å². The van der Waals surface area contributed by atoms with Gasteiger partial charge < -0.3 is 11.1 Å². The average Bonchev–Trinajstić information content (AvgIpc) is 2.26. The van der Waals surface area contributed by atoms with Gasteiger partial charge in [-0.1, -0.05) is 0 Å². The number of sulfone groups is 1. The van der Waals surface area contributed by atoms with Crippen LogP contribution in [-0.2, 0) is 9.84 Å². The summed E-state index contributed by atoms with van der Waals surface area (Å²) >= 11 is 0. The highest BCUT2D eigenvalue weighted by molar-refractivity contribution is 7.91. The molecule has 0 radical (unpaired) electrons. The second kappa shape index (κ2) is 5.26. The Bertz CT molecular complexity index is 571. The van der Waals surface area contributed by atoms with Crippen LogP contribution in [0.15, 0.2) is 24.3 Å². The normalized spacial score (nSPS) is 25.8. The molecule has 1 heterocycles. The van der Waals surface area contributed by atoms with E-state index in [1.807, 2.05) is 0 Å². The van der Waals surface area contributed by atoms with Crippen molar-refractivity contribution in [3.63, 3.8) is 0 Å². The van der Waals surface area contributed by atoms with Crippen molar-refractivity contribution in [3.8, 4) is 0 Å². The number of carbonyl (C=O) groups excluding carboxylic acids is 1. The molecule has 1 aromatic rings. The summed E-state index contributed by atoms with van der Waals surface area (Å²) < 4.78 is 35.8. The molecule has 1 fully saturated rings. The fourth-order valence-corrected chi connectivity index (χ4v) is 3.93. The van der Waals surface area contributed by atoms with Crippen LogP contribution in [0.2, 0.25) is 0 Å². The van der Waals surface area contributed by atoms with Crippen LogP contribution < -0.4 is 11.1 Å². The zero-order valence-electron chi connectivity index (χ0n) is 10.2. The first-order valence-electron chi connectivity index (χ1n) is 5.88. The number of carbonyl (C=O) groups is 1. The van der Waals surface area contributed by atoms with Crippen LogP contribution in [0.1, 0.15) is 16.8 Å². The van der Waals surface area contributed by atoms with Crippen molar-refractivity contribution < 1.29 is 17.6 Å². The molecule has 1 aliphatic heterocycles. The molecule has 0 aromatic heterocycles. The van der Waals surface area contributed by atoms with Crippen LogP contribution in [0.4, 0.5) is 4.39 Å². The van der Waals surface area contributed by atoms with Gasteiger partial charge in [0.05, 0.1) is 11.5 Å². The number of rotatable bonds is 2. The third-order valence-corrected chi connectivity index (χ3v) is 4.80. The maximum Gasteiger partial charge on any atom is 0.251 e. The van der Waals surface area contributed by atoms with E-state index in [-0.39, 0.29) is 17.1 Å². The minimum atomic E-state index is -3.22. The van der Waals surface area contributed by atoms with E-state index in [9.17, 15) is 17.6 Å². The summed E-state index contributed by atoms with van der Waals surface area (Å²) in [4.78, 5) is 11.9.